The van der Waals surface area contributed by atoms with Crippen molar-refractivity contribution in [3.8, 4) is 0 Å². The summed E-state index contributed by atoms with van der Waals surface area (Å²) in [6, 6.07) is 5.45. The monoisotopic (exact) mass is 225 g/mol. The van der Waals surface area contributed by atoms with Crippen LogP contribution < -0.4 is 0 Å². The number of nitrogens with zero attached hydrogens (tertiary/aromatic N) is 1. The summed E-state index contributed by atoms with van der Waals surface area (Å²) in [5.74, 6) is 0.333. The second kappa shape index (κ2) is 4.91. The molecule has 0 radical (unpaired) electrons. The molecular formula is C13H17F2N. The maximum absolute atomic E-state index is 13.5. The summed E-state index contributed by atoms with van der Waals surface area (Å²) >= 11 is 0. The first kappa shape index (κ1) is 11.5. The lowest BCUT2D eigenvalue weighted by molar-refractivity contribution is -0.0792. The Hall–Kier alpha value is -0.960. The molecule has 1 saturated heterocycles. The van der Waals surface area contributed by atoms with E-state index in [1.54, 1.807) is 6.07 Å². The van der Waals surface area contributed by atoms with Crippen molar-refractivity contribution in [1.82, 2.24) is 5.12 Å². The number of rotatable bonds is 4. The van der Waals surface area contributed by atoms with E-state index >= 15 is 0 Å². The molecule has 0 saturated carbocycles. The molecule has 16 heavy (non-hydrogen) atoms. The van der Waals surface area contributed by atoms with Crippen molar-refractivity contribution in [2.75, 3.05) is 13.1 Å². The lowest BCUT2D eigenvalue weighted by atomic mass is 9.94. The molecule has 0 spiro atoms. The molecule has 0 bridgehead atoms. The Morgan fingerprint density at radius 3 is 2.69 bits per heavy atom. The van der Waals surface area contributed by atoms with Crippen LogP contribution in [0, 0.1) is 11.7 Å². The predicted molar refractivity (Wildman–Crippen MR) is 60.3 cm³/mol. The highest BCUT2D eigenvalue weighted by molar-refractivity contribution is 5.24. The van der Waals surface area contributed by atoms with E-state index in [1.165, 1.54) is 0 Å². The van der Waals surface area contributed by atoms with Crippen LogP contribution in [0.25, 0.3) is 0 Å². The average molecular weight is 225 g/mol. The van der Waals surface area contributed by atoms with Crippen molar-refractivity contribution in [2.45, 2.75) is 26.2 Å². The molecule has 0 amide bonds. The molecule has 88 valence electrons. The maximum Gasteiger partial charge on any atom is 0.126 e. The van der Waals surface area contributed by atoms with Crippen LogP contribution in [0.3, 0.4) is 0 Å². The van der Waals surface area contributed by atoms with E-state index in [4.69, 9.17) is 0 Å². The summed E-state index contributed by atoms with van der Waals surface area (Å²) in [5.41, 5.74) is 1.79. The standard InChI is InChI=1S/C13H17F2N/c1-2-12-6-5-10(7-13(12)14)3-4-11-8-16(15)9-11/h5-7,11H,2-4,8-9H2,1H3. The van der Waals surface area contributed by atoms with Gasteiger partial charge in [-0.15, -0.1) is 9.60 Å². The summed E-state index contributed by atoms with van der Waals surface area (Å²) in [6.45, 7) is 3.02. The number of benzene rings is 1. The molecule has 1 aliphatic heterocycles. The minimum absolute atomic E-state index is 0.110. The van der Waals surface area contributed by atoms with Gasteiger partial charge in [-0.2, -0.15) is 0 Å². The fraction of sp³-hybridized carbons (Fsp3) is 0.538. The number of hydrogen-bond acceptors (Lipinski definition) is 1. The summed E-state index contributed by atoms with van der Waals surface area (Å²) in [5, 5.41) is 0.825. The average Bonchev–Trinajstić information content (AvgIpc) is 2.23. The third-order valence-electron chi connectivity index (χ3n) is 3.25. The van der Waals surface area contributed by atoms with Gasteiger partial charge in [-0.3, -0.25) is 0 Å². The molecule has 1 aromatic carbocycles. The van der Waals surface area contributed by atoms with Crippen molar-refractivity contribution in [3.05, 3.63) is 35.1 Å². The summed E-state index contributed by atoms with van der Waals surface area (Å²) in [6.07, 6.45) is 2.52. The van der Waals surface area contributed by atoms with Gasteiger partial charge in [-0.25, -0.2) is 4.39 Å². The van der Waals surface area contributed by atoms with Crippen LogP contribution in [0.1, 0.15) is 24.5 Å². The number of aryl methyl sites for hydroxylation is 2. The van der Waals surface area contributed by atoms with Crippen molar-refractivity contribution in [2.24, 2.45) is 5.92 Å². The minimum Gasteiger partial charge on any atom is -0.207 e. The lowest BCUT2D eigenvalue weighted by Gasteiger charge is -2.31. The molecule has 0 unspecified atom stereocenters. The van der Waals surface area contributed by atoms with Crippen LogP contribution in [0.5, 0.6) is 0 Å². The first-order valence-corrected chi connectivity index (χ1v) is 5.87. The topological polar surface area (TPSA) is 3.24 Å². The minimum atomic E-state index is -0.110. The molecule has 0 aromatic heterocycles. The van der Waals surface area contributed by atoms with Gasteiger partial charge in [0.15, 0.2) is 0 Å². The largest absolute Gasteiger partial charge is 0.207 e. The Balaban J connectivity index is 1.87. The highest BCUT2D eigenvalue weighted by Crippen LogP contribution is 2.21. The smallest absolute Gasteiger partial charge is 0.126 e. The van der Waals surface area contributed by atoms with Gasteiger partial charge in [0.2, 0.25) is 0 Å². The van der Waals surface area contributed by atoms with Gasteiger partial charge in [0.25, 0.3) is 0 Å². The third kappa shape index (κ3) is 2.59. The Morgan fingerprint density at radius 1 is 1.38 bits per heavy atom. The quantitative estimate of drug-likeness (QED) is 0.711. The zero-order valence-corrected chi connectivity index (χ0v) is 9.55. The van der Waals surface area contributed by atoms with E-state index in [0.717, 1.165) is 35.5 Å². The molecule has 1 heterocycles. The van der Waals surface area contributed by atoms with Crippen LogP contribution in [0.2, 0.25) is 0 Å². The third-order valence-corrected chi connectivity index (χ3v) is 3.25. The molecule has 0 atom stereocenters. The predicted octanol–water partition coefficient (Wildman–Crippen LogP) is 3.14. The van der Waals surface area contributed by atoms with E-state index in [2.05, 4.69) is 0 Å². The molecule has 0 aliphatic carbocycles. The Bertz CT molecular complexity index is 359. The van der Waals surface area contributed by atoms with E-state index in [0.29, 0.717) is 19.0 Å². The normalized spacial score (nSPS) is 17.4. The van der Waals surface area contributed by atoms with Crippen molar-refractivity contribution < 1.29 is 8.87 Å². The van der Waals surface area contributed by atoms with Crippen LogP contribution in [-0.2, 0) is 12.8 Å². The van der Waals surface area contributed by atoms with Gasteiger partial charge in [0.1, 0.15) is 5.82 Å². The molecular weight excluding hydrogens is 208 g/mol. The summed E-state index contributed by atoms with van der Waals surface area (Å²) < 4.78 is 25.9. The molecule has 1 nitrogen and oxygen atoms in total. The zero-order valence-electron chi connectivity index (χ0n) is 9.55. The van der Waals surface area contributed by atoms with Crippen molar-refractivity contribution in [1.29, 1.82) is 0 Å². The second-order valence-electron chi connectivity index (χ2n) is 4.51. The van der Waals surface area contributed by atoms with E-state index in [-0.39, 0.29) is 5.82 Å². The Kier molecular flexibility index (Phi) is 3.54. The van der Waals surface area contributed by atoms with E-state index in [9.17, 15) is 8.87 Å². The SMILES string of the molecule is CCc1ccc(CCC2CN(F)C2)cc1F. The molecule has 1 fully saturated rings. The van der Waals surface area contributed by atoms with Crippen LogP contribution in [-0.4, -0.2) is 18.2 Å². The van der Waals surface area contributed by atoms with Crippen LogP contribution in [0.15, 0.2) is 18.2 Å². The highest BCUT2D eigenvalue weighted by Gasteiger charge is 2.25. The number of halogens is 2. The van der Waals surface area contributed by atoms with Crippen molar-refractivity contribution >= 4 is 0 Å². The second-order valence-corrected chi connectivity index (χ2v) is 4.51. The van der Waals surface area contributed by atoms with Gasteiger partial charge in [-0.05, 0) is 42.4 Å². The fourth-order valence-corrected chi connectivity index (χ4v) is 2.09. The molecule has 1 aromatic rings. The molecule has 0 N–H and O–H groups in total. The fourth-order valence-electron chi connectivity index (χ4n) is 2.09. The molecule has 1 aliphatic rings. The summed E-state index contributed by atoms with van der Waals surface area (Å²) in [4.78, 5) is 0. The van der Waals surface area contributed by atoms with E-state index in [1.807, 2.05) is 19.1 Å². The van der Waals surface area contributed by atoms with Gasteiger partial charge >= 0.3 is 0 Å². The lowest BCUT2D eigenvalue weighted by Crippen LogP contribution is -2.40. The number of hydrogen-bond donors (Lipinski definition) is 0. The molecule has 2 rings (SSSR count). The van der Waals surface area contributed by atoms with Gasteiger partial charge < -0.3 is 0 Å². The van der Waals surface area contributed by atoms with Crippen LogP contribution in [0.4, 0.5) is 8.87 Å². The van der Waals surface area contributed by atoms with E-state index < -0.39 is 0 Å². The maximum atomic E-state index is 13.5. The van der Waals surface area contributed by atoms with Gasteiger partial charge in [0.05, 0.1) is 0 Å². The van der Waals surface area contributed by atoms with Crippen molar-refractivity contribution in [3.63, 3.8) is 0 Å². The summed E-state index contributed by atoms with van der Waals surface area (Å²) in [7, 11) is 0. The zero-order chi connectivity index (χ0) is 11.5. The first-order valence-electron chi connectivity index (χ1n) is 5.87. The highest BCUT2D eigenvalue weighted by atomic mass is 19.2. The van der Waals surface area contributed by atoms with Gasteiger partial charge in [-0.1, -0.05) is 19.1 Å². The Morgan fingerprint density at radius 2 is 2.12 bits per heavy atom. The first-order chi connectivity index (χ1) is 7.69. The Labute approximate surface area is 95.0 Å². The van der Waals surface area contributed by atoms with Gasteiger partial charge in [0, 0.05) is 13.1 Å². The molecule has 3 heteroatoms. The van der Waals surface area contributed by atoms with Crippen LogP contribution >= 0.6 is 0 Å².